The van der Waals surface area contributed by atoms with Crippen LogP contribution in [0.2, 0.25) is 0 Å². The topological polar surface area (TPSA) is 37.4 Å². The molecule has 0 spiro atoms. The first-order valence-electron chi connectivity index (χ1n) is 16.7. The van der Waals surface area contributed by atoms with Crippen molar-refractivity contribution >= 4 is 51.8 Å². The fourth-order valence-corrected chi connectivity index (χ4v) is 8.03. The van der Waals surface area contributed by atoms with Crippen molar-refractivity contribution in [3.05, 3.63) is 91.0 Å². The largest absolute Gasteiger partial charge is 1.00 e. The van der Waals surface area contributed by atoms with Crippen LogP contribution < -0.4 is 39.9 Å². The number of rotatable bonds is 15. The number of unbranched alkanes of at least 4 members (excludes halogenated alkanes) is 4. The van der Waals surface area contributed by atoms with E-state index in [1.54, 1.807) is 0 Å². The van der Waals surface area contributed by atoms with Crippen molar-refractivity contribution in [3.8, 4) is 0 Å². The summed E-state index contributed by atoms with van der Waals surface area (Å²) in [6.07, 6.45) is 11.8. The van der Waals surface area contributed by atoms with E-state index < -0.39 is 7.92 Å². The smallest absolute Gasteiger partial charge is 0.239 e. The van der Waals surface area contributed by atoms with Gasteiger partial charge in [-0.25, -0.2) is 3.93 Å². The summed E-state index contributed by atoms with van der Waals surface area (Å²) < 4.78 is 2.40. The Kier molecular flexibility index (Phi) is 22.6. The molecule has 45 heavy (non-hydrogen) atoms. The van der Waals surface area contributed by atoms with E-state index in [1.807, 2.05) is 0 Å². The molecule has 248 valence electrons. The third kappa shape index (κ3) is 15.2. The van der Waals surface area contributed by atoms with E-state index in [2.05, 4.69) is 135 Å². The number of benzene rings is 3. The van der Waals surface area contributed by atoms with Crippen LogP contribution in [0.25, 0.3) is 0 Å². The highest BCUT2D eigenvalue weighted by molar-refractivity contribution is 9.08. The molecule has 4 rings (SSSR count). The number of nitrogens with zero attached hydrogens (tertiary/aromatic N) is 2. The SMILES string of the molecule is CCCC[N+](CCCC)(CCCC)CCCC.O=C1CCC(=O)N1Br.[I-].c1ccc(P(c2ccccc2)c2ccccc2)cc1. The Morgan fingerprint density at radius 3 is 1.02 bits per heavy atom. The van der Waals surface area contributed by atoms with Gasteiger partial charge in [0.05, 0.1) is 42.3 Å². The van der Waals surface area contributed by atoms with E-state index in [0.717, 1.165) is 3.93 Å². The molecule has 0 aromatic heterocycles. The van der Waals surface area contributed by atoms with Gasteiger partial charge in [-0.3, -0.25) is 9.59 Å². The molecule has 1 aliphatic heterocycles. The zero-order valence-electron chi connectivity index (χ0n) is 28.0. The molecule has 0 radical (unpaired) electrons. The van der Waals surface area contributed by atoms with Crippen LogP contribution >= 0.6 is 24.1 Å². The summed E-state index contributed by atoms with van der Waals surface area (Å²) in [5.41, 5.74) is 0. The summed E-state index contributed by atoms with van der Waals surface area (Å²) >= 11 is 2.80. The third-order valence-electron chi connectivity index (χ3n) is 7.98. The first-order chi connectivity index (χ1) is 21.4. The molecule has 3 aromatic rings. The van der Waals surface area contributed by atoms with Gasteiger partial charge in [0.1, 0.15) is 0 Å². The number of carbonyl (C=O) groups is 2. The third-order valence-corrected chi connectivity index (χ3v) is 11.2. The van der Waals surface area contributed by atoms with Gasteiger partial charge in [0, 0.05) is 12.8 Å². The molecule has 4 nitrogen and oxygen atoms in total. The number of hydrogen-bond donors (Lipinski definition) is 0. The molecular weight excluding hydrogens is 754 g/mol. The van der Waals surface area contributed by atoms with Crippen molar-refractivity contribution in [2.45, 2.75) is 91.9 Å². The normalized spacial score (nSPS) is 12.6. The van der Waals surface area contributed by atoms with Gasteiger partial charge >= 0.3 is 0 Å². The Morgan fingerprint density at radius 1 is 0.556 bits per heavy atom. The van der Waals surface area contributed by atoms with E-state index in [-0.39, 0.29) is 35.8 Å². The fraction of sp³-hybridized carbons (Fsp3) is 0.474. The van der Waals surface area contributed by atoms with Crippen LogP contribution in [-0.2, 0) is 9.59 Å². The second-order valence-electron chi connectivity index (χ2n) is 11.6. The second kappa shape index (κ2) is 24.6. The van der Waals surface area contributed by atoms with Gasteiger partial charge in [-0.15, -0.1) is 0 Å². The standard InChI is InChI=1S/C18H15P.C16H36N.C4H4BrNO2.HI/c1-4-10-16(11-5-1)19(17-12-6-2-7-13-17)18-14-8-3-9-15-18;1-5-9-13-17(14-10-6-2,15-11-7-3)16-12-8-4;5-6-3(7)1-2-4(6)8;/h1-15H;5-16H2,1-4H3;1-2H2;1H/q;+1;;/p-1. The lowest BCUT2D eigenvalue weighted by molar-refractivity contribution is -0.929. The molecule has 0 atom stereocenters. The van der Waals surface area contributed by atoms with Crippen LogP contribution in [0.4, 0.5) is 0 Å². The summed E-state index contributed by atoms with van der Waals surface area (Å²) in [6.45, 7) is 15.0. The van der Waals surface area contributed by atoms with Crippen LogP contribution in [0.5, 0.6) is 0 Å². The van der Waals surface area contributed by atoms with Gasteiger partial charge in [-0.2, -0.15) is 0 Å². The monoisotopic (exact) mass is 808 g/mol. The highest BCUT2D eigenvalue weighted by Crippen LogP contribution is 2.32. The lowest BCUT2D eigenvalue weighted by Gasteiger charge is -2.39. The summed E-state index contributed by atoms with van der Waals surface area (Å²) in [6, 6.07) is 32.3. The van der Waals surface area contributed by atoms with Crippen molar-refractivity contribution in [1.29, 1.82) is 0 Å². The van der Waals surface area contributed by atoms with Crippen molar-refractivity contribution in [2.24, 2.45) is 0 Å². The summed E-state index contributed by atoms with van der Waals surface area (Å²) in [5.74, 6) is -0.287. The number of carbonyl (C=O) groups excluding carboxylic acids is 2. The molecule has 3 aromatic carbocycles. The molecule has 1 fully saturated rings. The molecule has 1 saturated heterocycles. The van der Waals surface area contributed by atoms with Gasteiger partial charge in [-0.1, -0.05) is 144 Å². The molecule has 1 aliphatic rings. The molecule has 0 N–H and O–H groups in total. The second-order valence-corrected chi connectivity index (χ2v) is 14.5. The minimum absolute atomic E-state index is 0. The van der Waals surface area contributed by atoms with Gasteiger partial charge in [0.25, 0.3) is 0 Å². The minimum atomic E-state index is -0.446. The fourth-order valence-electron chi connectivity index (χ4n) is 5.37. The predicted molar refractivity (Wildman–Crippen MR) is 195 cm³/mol. The average molecular weight is 810 g/mol. The van der Waals surface area contributed by atoms with Gasteiger partial charge in [0.2, 0.25) is 11.8 Å². The van der Waals surface area contributed by atoms with Crippen LogP contribution in [0.3, 0.4) is 0 Å². The molecule has 2 amide bonds. The zero-order chi connectivity index (χ0) is 32.0. The highest BCUT2D eigenvalue weighted by Gasteiger charge is 2.26. The van der Waals surface area contributed by atoms with Gasteiger partial charge < -0.3 is 28.5 Å². The number of halogens is 2. The Morgan fingerprint density at radius 2 is 0.822 bits per heavy atom. The Labute approximate surface area is 301 Å². The Hall–Kier alpha value is -1.60. The van der Waals surface area contributed by atoms with Gasteiger partial charge in [-0.05, 0) is 49.5 Å². The first-order valence-corrected chi connectivity index (χ1v) is 18.8. The Bertz CT molecular complexity index is 1040. The molecule has 0 saturated carbocycles. The number of imide groups is 1. The quantitative estimate of drug-likeness (QED) is 0.0632. The molecule has 0 unspecified atom stereocenters. The maximum Gasteiger partial charge on any atom is 0.239 e. The molecule has 0 aliphatic carbocycles. The predicted octanol–water partition coefficient (Wildman–Crippen LogP) is 5.90. The molecule has 7 heteroatoms. The van der Waals surface area contributed by atoms with Crippen LogP contribution in [0, 0.1) is 0 Å². The van der Waals surface area contributed by atoms with E-state index in [4.69, 9.17) is 0 Å². The highest BCUT2D eigenvalue weighted by atomic mass is 127. The van der Waals surface area contributed by atoms with E-state index >= 15 is 0 Å². The van der Waals surface area contributed by atoms with Gasteiger partial charge in [0.15, 0.2) is 0 Å². The van der Waals surface area contributed by atoms with E-state index in [1.165, 1.54) is 97.9 Å². The lowest BCUT2D eigenvalue weighted by Crippen LogP contribution is -3.00. The maximum atomic E-state index is 10.4. The summed E-state index contributed by atoms with van der Waals surface area (Å²) in [5, 5.41) is 4.19. The van der Waals surface area contributed by atoms with Crippen molar-refractivity contribution < 1.29 is 38.0 Å². The summed E-state index contributed by atoms with van der Waals surface area (Å²) in [7, 11) is -0.446. The molecule has 0 bridgehead atoms. The van der Waals surface area contributed by atoms with E-state index in [9.17, 15) is 9.59 Å². The molecular formula is C38H55BrIN2O2P. The first kappa shape index (κ1) is 41.4. The van der Waals surface area contributed by atoms with E-state index in [0.29, 0.717) is 12.8 Å². The number of amides is 2. The summed E-state index contributed by atoms with van der Waals surface area (Å²) in [4.78, 5) is 20.9. The van der Waals surface area contributed by atoms with Crippen molar-refractivity contribution in [1.82, 2.24) is 3.93 Å². The van der Waals surface area contributed by atoms with Crippen LogP contribution in [0.1, 0.15) is 91.9 Å². The van der Waals surface area contributed by atoms with Crippen molar-refractivity contribution in [3.63, 3.8) is 0 Å². The van der Waals surface area contributed by atoms with Crippen LogP contribution in [0.15, 0.2) is 91.0 Å². The lowest BCUT2D eigenvalue weighted by atomic mass is 10.1. The average Bonchev–Trinajstić information content (AvgIpc) is 3.37. The Balaban J connectivity index is 0.000000359. The van der Waals surface area contributed by atoms with Crippen LogP contribution in [-0.4, -0.2) is 46.4 Å². The van der Waals surface area contributed by atoms with Crippen molar-refractivity contribution in [2.75, 3.05) is 26.2 Å². The minimum Gasteiger partial charge on any atom is -1.00 e. The molecule has 1 heterocycles. The zero-order valence-corrected chi connectivity index (χ0v) is 32.6. The number of hydrogen-bond acceptors (Lipinski definition) is 2. The number of quaternary nitrogens is 1. The maximum absolute atomic E-state index is 10.4.